The topological polar surface area (TPSA) is 18.8 Å². The van der Waals surface area contributed by atoms with Crippen molar-refractivity contribution in [3.8, 4) is 0 Å². The first-order chi connectivity index (χ1) is 11.7. The van der Waals surface area contributed by atoms with E-state index in [1.165, 1.54) is 11.1 Å². The van der Waals surface area contributed by atoms with Crippen LogP contribution in [0.25, 0.3) is 0 Å². The number of hydrogen-bond acceptors (Lipinski definition) is 3. The van der Waals surface area contributed by atoms with E-state index in [1.54, 1.807) is 0 Å². The summed E-state index contributed by atoms with van der Waals surface area (Å²) in [5.74, 6) is 0. The summed E-state index contributed by atoms with van der Waals surface area (Å²) in [5.41, 5.74) is 3.72. The van der Waals surface area contributed by atoms with Gasteiger partial charge >= 0.3 is 0 Å². The largest absolute Gasteiger partial charge is 0.295 e. The molecule has 0 radical (unpaired) electrons. The molecule has 126 valence electrons. The quantitative estimate of drug-likeness (QED) is 0.764. The Balaban J connectivity index is 1.49. The molecule has 0 atom stereocenters. The fourth-order valence-corrected chi connectivity index (χ4v) is 3.06. The third-order valence-electron chi connectivity index (χ3n) is 4.46. The SMILES string of the molecule is CCc1ccc(/C=N/N2CCN(Cc3ccccc3Cl)CC2)cc1. The van der Waals surface area contributed by atoms with Crippen LogP contribution in [0.15, 0.2) is 53.6 Å². The van der Waals surface area contributed by atoms with Crippen molar-refractivity contribution in [2.45, 2.75) is 19.9 Å². The van der Waals surface area contributed by atoms with Crippen LogP contribution in [0.5, 0.6) is 0 Å². The lowest BCUT2D eigenvalue weighted by Crippen LogP contribution is -2.43. The highest BCUT2D eigenvalue weighted by atomic mass is 35.5. The second kappa shape index (κ2) is 8.32. The van der Waals surface area contributed by atoms with E-state index in [0.717, 1.165) is 49.7 Å². The second-order valence-corrected chi connectivity index (χ2v) is 6.57. The van der Waals surface area contributed by atoms with Crippen LogP contribution in [-0.2, 0) is 13.0 Å². The molecule has 0 aliphatic carbocycles. The van der Waals surface area contributed by atoms with Gasteiger partial charge in [0.05, 0.1) is 6.21 Å². The maximum Gasteiger partial charge on any atom is 0.0542 e. The average molecular weight is 342 g/mol. The van der Waals surface area contributed by atoms with Crippen molar-refractivity contribution in [1.82, 2.24) is 9.91 Å². The smallest absolute Gasteiger partial charge is 0.0542 e. The molecular weight excluding hydrogens is 318 g/mol. The summed E-state index contributed by atoms with van der Waals surface area (Å²) >= 11 is 6.25. The van der Waals surface area contributed by atoms with Gasteiger partial charge in [-0.05, 0) is 29.2 Å². The molecular formula is C20H24ClN3. The molecule has 1 aliphatic rings. The van der Waals surface area contributed by atoms with E-state index < -0.39 is 0 Å². The number of benzene rings is 2. The standard InChI is InChI=1S/C20H24ClN3/c1-2-17-7-9-18(10-8-17)15-22-24-13-11-23(12-14-24)16-19-5-3-4-6-20(19)21/h3-10,15H,2,11-14,16H2,1H3/b22-15+. The van der Waals surface area contributed by atoms with E-state index >= 15 is 0 Å². The lowest BCUT2D eigenvalue weighted by molar-refractivity contribution is 0.131. The highest BCUT2D eigenvalue weighted by Crippen LogP contribution is 2.18. The predicted molar refractivity (Wildman–Crippen MR) is 102 cm³/mol. The van der Waals surface area contributed by atoms with Crippen molar-refractivity contribution in [3.63, 3.8) is 0 Å². The van der Waals surface area contributed by atoms with Crippen LogP contribution in [-0.4, -0.2) is 42.3 Å². The summed E-state index contributed by atoms with van der Waals surface area (Å²) in [5, 5.41) is 7.63. The predicted octanol–water partition coefficient (Wildman–Crippen LogP) is 4.05. The van der Waals surface area contributed by atoms with E-state index in [1.807, 2.05) is 24.4 Å². The second-order valence-electron chi connectivity index (χ2n) is 6.16. The van der Waals surface area contributed by atoms with Gasteiger partial charge in [0.25, 0.3) is 0 Å². The van der Waals surface area contributed by atoms with Crippen LogP contribution >= 0.6 is 11.6 Å². The van der Waals surface area contributed by atoms with Crippen molar-refractivity contribution in [1.29, 1.82) is 0 Å². The van der Waals surface area contributed by atoms with Gasteiger partial charge < -0.3 is 0 Å². The average Bonchev–Trinajstić information content (AvgIpc) is 2.63. The fraction of sp³-hybridized carbons (Fsp3) is 0.350. The van der Waals surface area contributed by atoms with Crippen molar-refractivity contribution < 1.29 is 0 Å². The molecule has 1 aliphatic heterocycles. The van der Waals surface area contributed by atoms with Gasteiger partial charge in [0.1, 0.15) is 0 Å². The monoisotopic (exact) mass is 341 g/mol. The number of hydrogen-bond donors (Lipinski definition) is 0. The summed E-state index contributed by atoms with van der Waals surface area (Å²) in [6.45, 7) is 7.01. The number of aryl methyl sites for hydroxylation is 1. The Morgan fingerprint density at radius 2 is 1.71 bits per heavy atom. The van der Waals surface area contributed by atoms with Crippen LogP contribution in [0.3, 0.4) is 0 Å². The zero-order valence-electron chi connectivity index (χ0n) is 14.2. The number of rotatable bonds is 5. The van der Waals surface area contributed by atoms with E-state index in [9.17, 15) is 0 Å². The molecule has 24 heavy (non-hydrogen) atoms. The number of halogens is 1. The van der Waals surface area contributed by atoms with E-state index in [-0.39, 0.29) is 0 Å². The van der Waals surface area contributed by atoms with Crippen molar-refractivity contribution in [2.24, 2.45) is 5.10 Å². The Morgan fingerprint density at radius 3 is 2.38 bits per heavy atom. The minimum Gasteiger partial charge on any atom is -0.295 e. The van der Waals surface area contributed by atoms with Crippen molar-refractivity contribution >= 4 is 17.8 Å². The zero-order valence-corrected chi connectivity index (χ0v) is 14.9. The maximum atomic E-state index is 6.25. The Hall–Kier alpha value is -1.84. The summed E-state index contributed by atoms with van der Waals surface area (Å²) < 4.78 is 0. The number of hydrazone groups is 1. The highest BCUT2D eigenvalue weighted by Gasteiger charge is 2.16. The minimum absolute atomic E-state index is 0.855. The Labute approximate surface area is 149 Å². The molecule has 4 heteroatoms. The van der Waals surface area contributed by atoms with Gasteiger partial charge in [0.15, 0.2) is 0 Å². The first kappa shape index (κ1) is 17.0. The van der Waals surface area contributed by atoms with Crippen LogP contribution in [0.1, 0.15) is 23.6 Å². The van der Waals surface area contributed by atoms with Gasteiger partial charge in [-0.25, -0.2) is 0 Å². The molecule has 1 saturated heterocycles. The number of nitrogens with zero attached hydrogens (tertiary/aromatic N) is 3. The van der Waals surface area contributed by atoms with Gasteiger partial charge in [-0.2, -0.15) is 5.10 Å². The molecule has 1 fully saturated rings. The molecule has 2 aromatic carbocycles. The molecule has 0 spiro atoms. The van der Waals surface area contributed by atoms with Gasteiger partial charge in [-0.3, -0.25) is 9.91 Å². The third kappa shape index (κ3) is 4.59. The summed E-state index contributed by atoms with van der Waals surface area (Å²) in [6, 6.07) is 16.7. The first-order valence-corrected chi connectivity index (χ1v) is 8.96. The van der Waals surface area contributed by atoms with Gasteiger partial charge in [-0.15, -0.1) is 0 Å². The summed E-state index contributed by atoms with van der Waals surface area (Å²) in [6.07, 6.45) is 3.04. The van der Waals surface area contributed by atoms with Crippen LogP contribution in [0.2, 0.25) is 5.02 Å². The van der Waals surface area contributed by atoms with Crippen molar-refractivity contribution in [2.75, 3.05) is 26.2 Å². The third-order valence-corrected chi connectivity index (χ3v) is 4.83. The van der Waals surface area contributed by atoms with Crippen LogP contribution < -0.4 is 0 Å². The maximum absolute atomic E-state index is 6.25. The molecule has 0 amide bonds. The van der Waals surface area contributed by atoms with E-state index in [2.05, 4.69) is 52.3 Å². The molecule has 3 nitrogen and oxygen atoms in total. The van der Waals surface area contributed by atoms with Crippen LogP contribution in [0, 0.1) is 0 Å². The van der Waals surface area contributed by atoms with Crippen LogP contribution in [0.4, 0.5) is 0 Å². The Morgan fingerprint density at radius 1 is 1.00 bits per heavy atom. The van der Waals surface area contributed by atoms with Gasteiger partial charge in [0.2, 0.25) is 0 Å². The zero-order chi connectivity index (χ0) is 16.8. The van der Waals surface area contributed by atoms with E-state index in [4.69, 9.17) is 11.6 Å². The molecule has 3 rings (SSSR count). The molecule has 2 aromatic rings. The first-order valence-electron chi connectivity index (χ1n) is 8.58. The normalized spacial score (nSPS) is 16.0. The molecule has 0 N–H and O–H groups in total. The lowest BCUT2D eigenvalue weighted by atomic mass is 10.1. The van der Waals surface area contributed by atoms with Gasteiger partial charge in [0, 0.05) is 37.7 Å². The molecule has 0 saturated carbocycles. The fourth-order valence-electron chi connectivity index (χ4n) is 2.87. The number of piperazine rings is 1. The summed E-state index contributed by atoms with van der Waals surface area (Å²) in [4.78, 5) is 2.43. The van der Waals surface area contributed by atoms with Crippen molar-refractivity contribution in [3.05, 3.63) is 70.2 Å². The molecule has 1 heterocycles. The molecule has 0 bridgehead atoms. The Kier molecular flexibility index (Phi) is 5.89. The molecule has 0 aromatic heterocycles. The Bertz CT molecular complexity index is 674. The minimum atomic E-state index is 0.855. The molecule has 0 unspecified atom stereocenters. The highest BCUT2D eigenvalue weighted by molar-refractivity contribution is 6.31. The summed E-state index contributed by atoms with van der Waals surface area (Å²) in [7, 11) is 0. The van der Waals surface area contributed by atoms with Gasteiger partial charge in [-0.1, -0.05) is 61.0 Å². The lowest BCUT2D eigenvalue weighted by Gasteiger charge is -2.33. The van der Waals surface area contributed by atoms with E-state index in [0.29, 0.717) is 0 Å².